The lowest BCUT2D eigenvalue weighted by molar-refractivity contribution is -0.141. The van der Waals surface area contributed by atoms with E-state index in [4.69, 9.17) is 9.47 Å². The summed E-state index contributed by atoms with van der Waals surface area (Å²) in [4.78, 5) is 22.3. The van der Waals surface area contributed by atoms with Crippen molar-refractivity contribution < 1.29 is 19.1 Å². The van der Waals surface area contributed by atoms with Crippen LogP contribution in [0.25, 0.3) is 0 Å². The van der Waals surface area contributed by atoms with Crippen LogP contribution in [-0.2, 0) is 44.7 Å². The Bertz CT molecular complexity index is 987. The number of esters is 2. The van der Waals surface area contributed by atoms with Crippen LogP contribution in [0.2, 0.25) is 0 Å². The van der Waals surface area contributed by atoms with E-state index >= 15 is 0 Å². The van der Waals surface area contributed by atoms with E-state index in [0.717, 1.165) is 38.5 Å². The minimum Gasteiger partial charge on any atom is -0.469 e. The Labute approximate surface area is 256 Å². The Morgan fingerprint density at radius 1 is 0.476 bits per heavy atom. The maximum absolute atomic E-state index is 11.1. The molecule has 0 spiro atoms. The molecule has 1 aliphatic rings. The van der Waals surface area contributed by atoms with Gasteiger partial charge in [-0.15, -0.1) is 0 Å². The molecule has 3 rings (SSSR count). The van der Waals surface area contributed by atoms with E-state index in [1.165, 1.54) is 137 Å². The SMILES string of the molecule is COC(=O)CCCCCCCCCCc1ccc2c(c1)Cc1ccc(CCCCCCCCCCC(=O)OC)cc1C2. The molecule has 0 unspecified atom stereocenters. The van der Waals surface area contributed by atoms with Gasteiger partial charge in [0, 0.05) is 12.8 Å². The van der Waals surface area contributed by atoms with E-state index in [1.807, 2.05) is 0 Å². The van der Waals surface area contributed by atoms with Gasteiger partial charge in [-0.05, 0) is 84.7 Å². The Hall–Kier alpha value is -2.62. The summed E-state index contributed by atoms with van der Waals surface area (Å²) in [6.45, 7) is 0. The lowest BCUT2D eigenvalue weighted by atomic mass is 9.83. The molecular formula is C38H56O4. The number of hydrogen-bond acceptors (Lipinski definition) is 4. The molecule has 0 saturated carbocycles. The molecule has 0 radical (unpaired) electrons. The number of hydrogen-bond donors (Lipinski definition) is 0. The zero-order valence-electron chi connectivity index (χ0n) is 26.7. The average molecular weight is 577 g/mol. The zero-order valence-corrected chi connectivity index (χ0v) is 26.7. The van der Waals surface area contributed by atoms with Gasteiger partial charge in [0.25, 0.3) is 0 Å². The van der Waals surface area contributed by atoms with Crippen molar-refractivity contribution in [1.29, 1.82) is 0 Å². The summed E-state index contributed by atoms with van der Waals surface area (Å²) in [6.07, 6.45) is 25.3. The van der Waals surface area contributed by atoms with E-state index in [0.29, 0.717) is 12.8 Å². The van der Waals surface area contributed by atoms with Crippen LogP contribution in [0.3, 0.4) is 0 Å². The average Bonchev–Trinajstić information content (AvgIpc) is 3.01. The number of carbonyl (C=O) groups is 2. The summed E-state index contributed by atoms with van der Waals surface area (Å²) in [6, 6.07) is 14.5. The summed E-state index contributed by atoms with van der Waals surface area (Å²) in [5.74, 6) is -0.163. The molecule has 0 heterocycles. The first-order chi connectivity index (χ1) is 20.6. The molecule has 0 amide bonds. The van der Waals surface area contributed by atoms with E-state index in [2.05, 4.69) is 36.4 Å². The minimum atomic E-state index is -0.0814. The molecule has 0 fully saturated rings. The third-order valence-electron chi connectivity index (χ3n) is 8.95. The molecule has 2 aromatic carbocycles. The summed E-state index contributed by atoms with van der Waals surface area (Å²) >= 11 is 0. The first kappa shape index (κ1) is 33.9. The van der Waals surface area contributed by atoms with E-state index < -0.39 is 0 Å². The Kier molecular flexibility index (Phi) is 16.4. The van der Waals surface area contributed by atoms with Gasteiger partial charge in [0.15, 0.2) is 0 Å². The molecule has 0 bridgehead atoms. The quantitative estimate of drug-likeness (QED) is 0.0882. The van der Waals surface area contributed by atoms with Crippen LogP contribution in [0.5, 0.6) is 0 Å². The minimum absolute atomic E-state index is 0.0814. The molecule has 2 aromatic rings. The van der Waals surface area contributed by atoms with Crippen molar-refractivity contribution in [3.05, 3.63) is 69.8 Å². The van der Waals surface area contributed by atoms with Gasteiger partial charge in [0.2, 0.25) is 0 Å². The van der Waals surface area contributed by atoms with Crippen LogP contribution in [0, 0.1) is 0 Å². The Balaban J connectivity index is 1.26. The maximum atomic E-state index is 11.1. The van der Waals surface area contributed by atoms with Gasteiger partial charge in [-0.25, -0.2) is 0 Å². The monoisotopic (exact) mass is 576 g/mol. The van der Waals surface area contributed by atoms with E-state index in [-0.39, 0.29) is 11.9 Å². The summed E-state index contributed by atoms with van der Waals surface area (Å²) in [5, 5.41) is 0. The largest absolute Gasteiger partial charge is 0.469 e. The Morgan fingerprint density at radius 3 is 1.17 bits per heavy atom. The van der Waals surface area contributed by atoms with Gasteiger partial charge in [-0.2, -0.15) is 0 Å². The number of benzene rings is 2. The highest BCUT2D eigenvalue weighted by molar-refractivity contribution is 5.69. The van der Waals surface area contributed by atoms with Crippen molar-refractivity contribution >= 4 is 11.9 Å². The van der Waals surface area contributed by atoms with Gasteiger partial charge in [0.05, 0.1) is 14.2 Å². The fourth-order valence-electron chi connectivity index (χ4n) is 6.28. The van der Waals surface area contributed by atoms with Crippen LogP contribution in [0.1, 0.15) is 149 Å². The fourth-order valence-corrected chi connectivity index (χ4v) is 6.28. The molecule has 0 saturated heterocycles. The molecule has 42 heavy (non-hydrogen) atoms. The lowest BCUT2D eigenvalue weighted by Crippen LogP contribution is -2.08. The van der Waals surface area contributed by atoms with E-state index in [1.54, 1.807) is 0 Å². The van der Waals surface area contributed by atoms with Crippen molar-refractivity contribution in [1.82, 2.24) is 0 Å². The number of ether oxygens (including phenoxy) is 2. The second-order valence-electron chi connectivity index (χ2n) is 12.4. The van der Waals surface area contributed by atoms with Crippen LogP contribution in [-0.4, -0.2) is 26.2 Å². The molecule has 232 valence electrons. The topological polar surface area (TPSA) is 52.6 Å². The van der Waals surface area contributed by atoms with Crippen LogP contribution >= 0.6 is 0 Å². The molecular weight excluding hydrogens is 520 g/mol. The number of fused-ring (bicyclic) bond motifs is 2. The third-order valence-corrected chi connectivity index (χ3v) is 8.95. The van der Waals surface area contributed by atoms with Crippen molar-refractivity contribution in [3.8, 4) is 0 Å². The molecule has 0 N–H and O–H groups in total. The van der Waals surface area contributed by atoms with E-state index in [9.17, 15) is 9.59 Å². The molecule has 4 nitrogen and oxygen atoms in total. The standard InChI is InChI=1S/C38H56O4/c1-41-37(39)21-17-13-9-5-3-7-11-15-19-31-23-25-33-30-36-28-32(24-26-34(36)29-35(33)27-31)20-16-12-8-4-6-10-14-18-22-38(40)42-2/h23-28H,3-22,29-30H2,1-2H3. The van der Waals surface area contributed by atoms with Gasteiger partial charge in [0.1, 0.15) is 0 Å². The highest BCUT2D eigenvalue weighted by Gasteiger charge is 2.16. The molecule has 0 aliphatic heterocycles. The normalized spacial score (nSPS) is 12.0. The molecule has 0 aromatic heterocycles. The summed E-state index contributed by atoms with van der Waals surface area (Å²) in [7, 11) is 2.93. The first-order valence-corrected chi connectivity index (χ1v) is 16.9. The van der Waals surface area contributed by atoms with Gasteiger partial charge in [-0.3, -0.25) is 9.59 Å². The highest BCUT2D eigenvalue weighted by Crippen LogP contribution is 2.29. The fraction of sp³-hybridized carbons (Fsp3) is 0.632. The smallest absolute Gasteiger partial charge is 0.305 e. The lowest BCUT2D eigenvalue weighted by Gasteiger charge is -2.21. The second kappa shape index (κ2) is 20.3. The van der Waals surface area contributed by atoms with Gasteiger partial charge < -0.3 is 9.47 Å². The number of rotatable bonds is 22. The molecule has 4 heteroatoms. The van der Waals surface area contributed by atoms with Crippen molar-refractivity contribution in [2.45, 2.75) is 141 Å². The molecule has 0 atom stereocenters. The predicted octanol–water partition coefficient (Wildman–Crippen LogP) is 9.63. The van der Waals surface area contributed by atoms with Crippen LogP contribution in [0.15, 0.2) is 36.4 Å². The van der Waals surface area contributed by atoms with Crippen molar-refractivity contribution in [2.24, 2.45) is 0 Å². The highest BCUT2D eigenvalue weighted by atomic mass is 16.5. The number of methoxy groups -OCH3 is 2. The van der Waals surface area contributed by atoms with Crippen LogP contribution < -0.4 is 0 Å². The number of carbonyl (C=O) groups excluding carboxylic acids is 2. The third kappa shape index (κ3) is 13.1. The number of aryl methyl sites for hydroxylation is 2. The van der Waals surface area contributed by atoms with Crippen molar-refractivity contribution in [3.63, 3.8) is 0 Å². The van der Waals surface area contributed by atoms with Gasteiger partial charge >= 0.3 is 11.9 Å². The van der Waals surface area contributed by atoms with Crippen molar-refractivity contribution in [2.75, 3.05) is 14.2 Å². The molecule has 1 aliphatic carbocycles. The van der Waals surface area contributed by atoms with Crippen LogP contribution in [0.4, 0.5) is 0 Å². The summed E-state index contributed by atoms with van der Waals surface area (Å²) < 4.78 is 9.40. The maximum Gasteiger partial charge on any atom is 0.305 e. The Morgan fingerprint density at radius 2 is 0.810 bits per heavy atom. The van der Waals surface area contributed by atoms with Gasteiger partial charge in [-0.1, -0.05) is 113 Å². The second-order valence-corrected chi connectivity index (χ2v) is 12.4. The summed E-state index contributed by atoms with van der Waals surface area (Å²) in [5.41, 5.74) is 9.09. The first-order valence-electron chi connectivity index (χ1n) is 16.9. The zero-order chi connectivity index (χ0) is 29.8. The number of unbranched alkanes of at least 4 members (excludes halogenated alkanes) is 14. The predicted molar refractivity (Wildman–Crippen MR) is 173 cm³/mol.